The summed E-state index contributed by atoms with van der Waals surface area (Å²) in [6, 6.07) is 1.49. The van der Waals surface area contributed by atoms with Crippen LogP contribution in [0.15, 0.2) is 20.0 Å². The van der Waals surface area contributed by atoms with E-state index < -0.39 is 0 Å². The Kier molecular flexibility index (Phi) is 34.6. The van der Waals surface area contributed by atoms with Crippen LogP contribution in [-0.4, -0.2) is 49.0 Å². The van der Waals surface area contributed by atoms with Crippen LogP contribution in [0.4, 0.5) is 0 Å². The number of hydrogen-bond acceptors (Lipinski definition) is 4. The van der Waals surface area contributed by atoms with E-state index in [9.17, 15) is 0 Å². The molecule has 0 fully saturated rings. The fourth-order valence-electron chi connectivity index (χ4n) is 0.842. The molecule has 0 amide bonds. The van der Waals surface area contributed by atoms with Crippen LogP contribution in [0.5, 0.6) is 0 Å². The first-order valence-electron chi connectivity index (χ1n) is 7.35. The predicted octanol–water partition coefficient (Wildman–Crippen LogP) is 4.79. The molecular formula is C18H38N4Ru. The molecule has 0 aromatic heterocycles. The van der Waals surface area contributed by atoms with E-state index in [1.807, 2.05) is 55.4 Å². The fraction of sp³-hybridized carbons (Fsp3) is 0.667. The van der Waals surface area contributed by atoms with Gasteiger partial charge in [-0.05, 0) is 55.4 Å². The monoisotopic (exact) mass is 412 g/mol. The minimum absolute atomic E-state index is 0. The quantitative estimate of drug-likeness (QED) is 0.343. The van der Waals surface area contributed by atoms with Gasteiger partial charge >= 0.3 is 19.5 Å². The number of aliphatic imine (C=N–C) groups is 4. The summed E-state index contributed by atoms with van der Waals surface area (Å²) >= 11 is 0. The molecule has 0 heterocycles. The van der Waals surface area contributed by atoms with Crippen molar-refractivity contribution < 1.29 is 19.5 Å². The summed E-state index contributed by atoms with van der Waals surface area (Å²) in [4.78, 5) is 16.5. The first kappa shape index (κ1) is 33.8. The minimum atomic E-state index is 0. The van der Waals surface area contributed by atoms with E-state index in [4.69, 9.17) is 0 Å². The molecule has 0 spiro atoms. The Labute approximate surface area is 158 Å². The summed E-state index contributed by atoms with van der Waals surface area (Å²) in [6.07, 6.45) is 7.02. The molecular weight excluding hydrogens is 373 g/mol. The van der Waals surface area contributed by atoms with E-state index in [1.165, 1.54) is 0 Å². The first-order valence-corrected chi connectivity index (χ1v) is 7.35. The fourth-order valence-corrected chi connectivity index (χ4v) is 0.842. The summed E-state index contributed by atoms with van der Waals surface area (Å²) in [5, 5.41) is 0. The molecule has 0 radical (unpaired) electrons. The van der Waals surface area contributed by atoms with Crippen molar-refractivity contribution in [1.29, 1.82) is 0 Å². The molecule has 0 saturated carbocycles. The molecule has 138 valence electrons. The zero-order valence-electron chi connectivity index (χ0n) is 16.8. The van der Waals surface area contributed by atoms with Crippen LogP contribution in [0.2, 0.25) is 0 Å². The van der Waals surface area contributed by atoms with Crippen molar-refractivity contribution in [3.63, 3.8) is 0 Å². The smallest absolute Gasteiger partial charge is 0.358 e. The normalized spacial score (nSPS) is 11.3. The second-order valence-corrected chi connectivity index (χ2v) is 5.57. The van der Waals surface area contributed by atoms with Gasteiger partial charge in [0.1, 0.15) is 0 Å². The molecule has 0 unspecified atom stereocenters. The van der Waals surface area contributed by atoms with Crippen molar-refractivity contribution in [2.24, 2.45) is 20.0 Å². The molecule has 23 heavy (non-hydrogen) atoms. The Hall–Kier alpha value is -0.697. The van der Waals surface area contributed by atoms with Gasteiger partial charge in [-0.15, -0.1) is 0 Å². The van der Waals surface area contributed by atoms with Gasteiger partial charge in [-0.2, -0.15) is 0 Å². The van der Waals surface area contributed by atoms with Crippen LogP contribution in [-0.2, 0) is 19.5 Å². The Morgan fingerprint density at radius 1 is 0.435 bits per heavy atom. The van der Waals surface area contributed by atoms with Crippen LogP contribution in [0.1, 0.15) is 55.4 Å². The van der Waals surface area contributed by atoms with Crippen LogP contribution >= 0.6 is 0 Å². The number of nitrogens with zero attached hydrogens (tertiary/aromatic N) is 4. The second kappa shape index (κ2) is 23.6. The Morgan fingerprint density at radius 3 is 0.652 bits per heavy atom. The van der Waals surface area contributed by atoms with Gasteiger partial charge in [0, 0.05) is 49.0 Å². The first-order chi connectivity index (χ1) is 9.25. The van der Waals surface area contributed by atoms with Crippen molar-refractivity contribution >= 4 is 24.9 Å². The van der Waals surface area contributed by atoms with Crippen LogP contribution in [0.25, 0.3) is 0 Å². The molecule has 5 heteroatoms. The zero-order chi connectivity index (χ0) is 16.0. The molecule has 0 atom stereocenters. The summed E-state index contributed by atoms with van der Waals surface area (Å²) in [7, 11) is 0. The third-order valence-electron chi connectivity index (χ3n) is 1.67. The van der Waals surface area contributed by atoms with E-state index in [2.05, 4.69) is 20.0 Å². The molecule has 0 saturated heterocycles. The molecule has 0 aromatic rings. The Bertz CT molecular complexity index is 253. The van der Waals surface area contributed by atoms with Gasteiger partial charge < -0.3 is 14.9 Å². The van der Waals surface area contributed by atoms with Crippen molar-refractivity contribution in [3.05, 3.63) is 14.9 Å². The van der Waals surface area contributed by atoms with Crippen LogP contribution < -0.4 is 0 Å². The standard InChI is InChI=1S/2C8H16N2.2CH3.Ru/c2*1-7(2)9-5-6-10-8(3)4;;;/h2*5-8H,1-4H3;2*1H3;/q;;2*-1;+2. The molecule has 0 aliphatic heterocycles. The summed E-state index contributed by atoms with van der Waals surface area (Å²) in [5.74, 6) is 0. The van der Waals surface area contributed by atoms with Gasteiger partial charge in [-0.25, -0.2) is 0 Å². The van der Waals surface area contributed by atoms with E-state index >= 15 is 0 Å². The average molecular weight is 412 g/mol. The third kappa shape index (κ3) is 44.9. The largest absolute Gasteiger partial charge is 2.00 e. The summed E-state index contributed by atoms with van der Waals surface area (Å²) in [5.41, 5.74) is 0. The number of hydrogen-bond donors (Lipinski definition) is 0. The average Bonchev–Trinajstić information content (AvgIpc) is 2.30. The molecule has 0 rings (SSSR count). The molecule has 0 aliphatic carbocycles. The minimum Gasteiger partial charge on any atom is -0.358 e. The van der Waals surface area contributed by atoms with Gasteiger partial charge in [-0.3, -0.25) is 20.0 Å². The second-order valence-electron chi connectivity index (χ2n) is 5.57. The molecule has 0 bridgehead atoms. The Balaban J connectivity index is -0.0000000831. The predicted molar refractivity (Wildman–Crippen MR) is 107 cm³/mol. The SMILES string of the molecule is CC(C)N=CC=NC(C)C.CC(C)N=CC=NC(C)C.[CH3-].[CH3-].[Ru+2]. The van der Waals surface area contributed by atoms with Gasteiger partial charge in [0.15, 0.2) is 0 Å². The molecule has 4 nitrogen and oxygen atoms in total. The maximum atomic E-state index is 4.12. The maximum Gasteiger partial charge on any atom is 2.00 e. The third-order valence-corrected chi connectivity index (χ3v) is 1.67. The summed E-state index contributed by atoms with van der Waals surface area (Å²) in [6.45, 7) is 16.3. The van der Waals surface area contributed by atoms with Crippen molar-refractivity contribution in [3.8, 4) is 0 Å². The van der Waals surface area contributed by atoms with E-state index in [1.54, 1.807) is 24.9 Å². The van der Waals surface area contributed by atoms with Gasteiger partial charge in [-0.1, -0.05) is 0 Å². The topological polar surface area (TPSA) is 49.4 Å². The van der Waals surface area contributed by atoms with Gasteiger partial charge in [0.05, 0.1) is 0 Å². The van der Waals surface area contributed by atoms with Crippen molar-refractivity contribution in [2.45, 2.75) is 79.6 Å². The zero-order valence-corrected chi connectivity index (χ0v) is 18.5. The van der Waals surface area contributed by atoms with Gasteiger partial charge in [0.2, 0.25) is 0 Å². The molecule has 0 aromatic carbocycles. The molecule has 0 N–H and O–H groups in total. The Morgan fingerprint density at radius 2 is 0.565 bits per heavy atom. The van der Waals surface area contributed by atoms with E-state index in [0.717, 1.165) is 0 Å². The van der Waals surface area contributed by atoms with Crippen LogP contribution in [0.3, 0.4) is 0 Å². The molecule has 0 aliphatic rings. The van der Waals surface area contributed by atoms with Gasteiger partial charge in [0.25, 0.3) is 0 Å². The van der Waals surface area contributed by atoms with Crippen molar-refractivity contribution in [2.75, 3.05) is 0 Å². The summed E-state index contributed by atoms with van der Waals surface area (Å²) < 4.78 is 0. The maximum absolute atomic E-state index is 4.12. The number of rotatable bonds is 6. The van der Waals surface area contributed by atoms with Crippen LogP contribution in [0, 0.1) is 14.9 Å². The van der Waals surface area contributed by atoms with Crippen molar-refractivity contribution in [1.82, 2.24) is 0 Å². The van der Waals surface area contributed by atoms with E-state index in [-0.39, 0.29) is 34.3 Å². The van der Waals surface area contributed by atoms with E-state index in [0.29, 0.717) is 24.2 Å².